The fourth-order valence-electron chi connectivity index (χ4n) is 3.41. The lowest BCUT2D eigenvalue weighted by molar-refractivity contribution is -0.0586. The topological polar surface area (TPSA) is 63.6 Å². The maximum atomic E-state index is 12.7. The number of amides is 2. The van der Waals surface area contributed by atoms with E-state index in [1.807, 2.05) is 73.7 Å². The lowest BCUT2D eigenvalue weighted by Gasteiger charge is -2.35. The highest BCUT2D eigenvalue weighted by atomic mass is 16.5. The van der Waals surface area contributed by atoms with E-state index in [1.165, 1.54) is 0 Å². The van der Waals surface area contributed by atoms with E-state index in [-0.39, 0.29) is 24.0 Å². The second-order valence-corrected chi connectivity index (χ2v) is 7.27. The first-order valence-corrected chi connectivity index (χ1v) is 9.29. The van der Waals surface area contributed by atoms with Crippen LogP contribution in [0.15, 0.2) is 36.4 Å². The van der Waals surface area contributed by atoms with Crippen molar-refractivity contribution in [3.8, 4) is 0 Å². The Kier molecular flexibility index (Phi) is 5.65. The van der Waals surface area contributed by atoms with Crippen molar-refractivity contribution in [1.82, 2.24) is 14.8 Å². The van der Waals surface area contributed by atoms with Crippen molar-refractivity contribution < 1.29 is 14.3 Å². The Labute approximate surface area is 160 Å². The first kappa shape index (κ1) is 19.2. The number of aryl methyl sites for hydroxylation is 1. The highest BCUT2D eigenvalue weighted by Gasteiger charge is 2.26. The second-order valence-electron chi connectivity index (χ2n) is 7.27. The van der Waals surface area contributed by atoms with Crippen LogP contribution >= 0.6 is 0 Å². The van der Waals surface area contributed by atoms with Crippen LogP contribution in [0.25, 0.3) is 0 Å². The molecule has 1 aromatic carbocycles. The zero-order chi connectivity index (χ0) is 19.6. The Hall–Kier alpha value is -2.60. The molecule has 6 heteroatoms. The Morgan fingerprint density at radius 3 is 2.26 bits per heavy atom. The molecule has 3 rings (SSSR count). The number of carbonyl (C=O) groups is 2. The van der Waals surface area contributed by atoms with Crippen LogP contribution in [0.4, 0.5) is 0 Å². The number of aromatic nitrogens is 1. The average Bonchev–Trinajstić information content (AvgIpc) is 2.98. The maximum absolute atomic E-state index is 12.7. The molecule has 1 aliphatic rings. The first-order valence-electron chi connectivity index (χ1n) is 9.29. The van der Waals surface area contributed by atoms with E-state index >= 15 is 0 Å². The fraction of sp³-hybridized carbons (Fsp3) is 0.429. The van der Waals surface area contributed by atoms with Crippen LogP contribution in [-0.2, 0) is 18.3 Å². The van der Waals surface area contributed by atoms with E-state index in [0.29, 0.717) is 30.9 Å². The summed E-state index contributed by atoms with van der Waals surface area (Å²) in [5, 5.41) is 2.92. The normalized spacial score (nSPS) is 19.8. The molecule has 0 aliphatic carbocycles. The molecule has 0 radical (unpaired) electrons. The van der Waals surface area contributed by atoms with E-state index in [9.17, 15) is 9.59 Å². The van der Waals surface area contributed by atoms with Gasteiger partial charge in [0.15, 0.2) is 0 Å². The third-order valence-electron chi connectivity index (χ3n) is 4.97. The van der Waals surface area contributed by atoms with E-state index in [0.717, 1.165) is 11.3 Å². The zero-order valence-electron chi connectivity index (χ0n) is 16.4. The molecule has 1 aliphatic heterocycles. The number of benzene rings is 1. The molecule has 6 nitrogen and oxygen atoms in total. The number of carbonyl (C=O) groups excluding carboxylic acids is 2. The van der Waals surface area contributed by atoms with Crippen molar-refractivity contribution in [2.45, 2.75) is 39.5 Å². The quantitative estimate of drug-likeness (QED) is 0.901. The summed E-state index contributed by atoms with van der Waals surface area (Å²) in [7, 11) is 1.87. The van der Waals surface area contributed by atoms with Crippen LogP contribution in [-0.4, -0.2) is 46.6 Å². The van der Waals surface area contributed by atoms with Gasteiger partial charge in [0.2, 0.25) is 0 Å². The summed E-state index contributed by atoms with van der Waals surface area (Å²) in [6.45, 7) is 7.56. The van der Waals surface area contributed by atoms with Gasteiger partial charge in [-0.15, -0.1) is 0 Å². The maximum Gasteiger partial charge on any atom is 0.268 e. The second kappa shape index (κ2) is 7.96. The van der Waals surface area contributed by atoms with E-state index in [1.54, 1.807) is 0 Å². The van der Waals surface area contributed by atoms with Gasteiger partial charge in [0, 0.05) is 37.9 Å². The Morgan fingerprint density at radius 1 is 1.07 bits per heavy atom. The largest absolute Gasteiger partial charge is 0.372 e. The molecule has 2 amide bonds. The van der Waals surface area contributed by atoms with Crippen LogP contribution in [0.3, 0.4) is 0 Å². The highest BCUT2D eigenvalue weighted by molar-refractivity contribution is 5.94. The third-order valence-corrected chi connectivity index (χ3v) is 4.97. The summed E-state index contributed by atoms with van der Waals surface area (Å²) in [5.41, 5.74) is 3.28. The molecule has 1 saturated heterocycles. The first-order chi connectivity index (χ1) is 12.8. The molecular weight excluding hydrogens is 342 g/mol. The lowest BCUT2D eigenvalue weighted by Crippen LogP contribution is -2.48. The van der Waals surface area contributed by atoms with Gasteiger partial charge in [0.25, 0.3) is 11.8 Å². The van der Waals surface area contributed by atoms with Gasteiger partial charge in [-0.1, -0.05) is 12.1 Å². The number of rotatable bonds is 4. The van der Waals surface area contributed by atoms with E-state index < -0.39 is 0 Å². The van der Waals surface area contributed by atoms with E-state index in [2.05, 4.69) is 5.32 Å². The number of morpholine rings is 1. The smallest absolute Gasteiger partial charge is 0.268 e. The van der Waals surface area contributed by atoms with Crippen LogP contribution in [0.2, 0.25) is 0 Å². The lowest BCUT2D eigenvalue weighted by atomic mass is 10.1. The summed E-state index contributed by atoms with van der Waals surface area (Å²) < 4.78 is 7.55. The molecule has 2 atom stereocenters. The number of nitrogens with zero attached hydrogens (tertiary/aromatic N) is 2. The summed E-state index contributed by atoms with van der Waals surface area (Å²) >= 11 is 0. The minimum Gasteiger partial charge on any atom is -0.372 e. The average molecular weight is 369 g/mol. The summed E-state index contributed by atoms with van der Waals surface area (Å²) in [4.78, 5) is 26.8. The van der Waals surface area contributed by atoms with Crippen molar-refractivity contribution in [2.75, 3.05) is 13.1 Å². The summed E-state index contributed by atoms with van der Waals surface area (Å²) in [6.07, 6.45) is 0.0988. The number of hydrogen-bond donors (Lipinski definition) is 1. The third kappa shape index (κ3) is 4.39. The molecule has 1 N–H and O–H groups in total. The van der Waals surface area contributed by atoms with E-state index in [4.69, 9.17) is 4.74 Å². The molecule has 1 fully saturated rings. The number of ether oxygens (including phenoxy) is 1. The standard InChI is InChI=1S/C21H27N3O3/c1-14-5-10-19(23(14)4)20(25)22-11-17-6-8-18(9-7-17)21(26)24-12-15(2)27-16(3)13-24/h5-10,15-16H,11-13H2,1-4H3,(H,22,25). The molecule has 2 aromatic rings. The Bertz CT molecular complexity index is 816. The molecule has 0 spiro atoms. The highest BCUT2D eigenvalue weighted by Crippen LogP contribution is 2.15. The van der Waals surface area contributed by atoms with Gasteiger partial charge in [-0.3, -0.25) is 9.59 Å². The molecule has 2 heterocycles. The number of hydrogen-bond acceptors (Lipinski definition) is 3. The van der Waals surface area contributed by atoms with Gasteiger partial charge >= 0.3 is 0 Å². The van der Waals surface area contributed by atoms with Crippen LogP contribution in [0, 0.1) is 6.92 Å². The van der Waals surface area contributed by atoms with Crippen LogP contribution in [0.5, 0.6) is 0 Å². The fourth-order valence-corrected chi connectivity index (χ4v) is 3.41. The van der Waals surface area contributed by atoms with Gasteiger partial charge in [0.05, 0.1) is 12.2 Å². The van der Waals surface area contributed by atoms with Crippen molar-refractivity contribution in [3.63, 3.8) is 0 Å². The molecular formula is C21H27N3O3. The molecule has 1 aromatic heterocycles. The molecule has 27 heavy (non-hydrogen) atoms. The molecule has 0 saturated carbocycles. The van der Waals surface area contributed by atoms with Gasteiger partial charge in [-0.05, 0) is 50.6 Å². The van der Waals surface area contributed by atoms with Gasteiger partial charge in [-0.2, -0.15) is 0 Å². The van der Waals surface area contributed by atoms with Crippen LogP contribution in [0.1, 0.15) is 46.0 Å². The summed E-state index contributed by atoms with van der Waals surface area (Å²) in [5.74, 6) is -0.0890. The zero-order valence-corrected chi connectivity index (χ0v) is 16.4. The van der Waals surface area contributed by atoms with Gasteiger partial charge < -0.3 is 19.5 Å². The van der Waals surface area contributed by atoms with Gasteiger partial charge in [-0.25, -0.2) is 0 Å². The minimum atomic E-state index is -0.109. The molecule has 2 unspecified atom stereocenters. The van der Waals surface area contributed by atoms with Crippen molar-refractivity contribution in [1.29, 1.82) is 0 Å². The minimum absolute atomic E-state index is 0.0203. The molecule has 144 valence electrons. The van der Waals surface area contributed by atoms with Crippen molar-refractivity contribution in [3.05, 3.63) is 58.9 Å². The summed E-state index contributed by atoms with van der Waals surface area (Å²) in [6, 6.07) is 11.1. The predicted molar refractivity (Wildman–Crippen MR) is 104 cm³/mol. The number of nitrogens with one attached hydrogen (secondary N) is 1. The monoisotopic (exact) mass is 369 g/mol. The molecule has 0 bridgehead atoms. The van der Waals surface area contributed by atoms with Crippen LogP contribution < -0.4 is 5.32 Å². The van der Waals surface area contributed by atoms with Gasteiger partial charge in [0.1, 0.15) is 5.69 Å². The van der Waals surface area contributed by atoms with Crippen molar-refractivity contribution in [2.24, 2.45) is 7.05 Å². The Morgan fingerprint density at radius 2 is 1.70 bits per heavy atom. The van der Waals surface area contributed by atoms with Crippen molar-refractivity contribution >= 4 is 11.8 Å². The SMILES string of the molecule is Cc1ccc(C(=O)NCc2ccc(C(=O)N3CC(C)OC(C)C3)cc2)n1C. The Balaban J connectivity index is 1.59. The predicted octanol–water partition coefficient (Wildman–Crippen LogP) is 2.51.